The minimum atomic E-state index is -3.53. The van der Waals surface area contributed by atoms with Crippen molar-refractivity contribution in [2.24, 2.45) is 0 Å². The average molecular weight is 182 g/mol. The minimum absolute atomic E-state index is 0.0471. The number of aliphatic hydroxyl groups is 2. The second kappa shape index (κ2) is 4.49. The zero-order valence-corrected chi connectivity index (χ0v) is 6.70. The first-order chi connectivity index (χ1) is 5.45. The first kappa shape index (κ1) is 11.5. The van der Waals surface area contributed by atoms with E-state index in [1.54, 1.807) is 0 Å². The molecule has 12 heavy (non-hydrogen) atoms. The van der Waals surface area contributed by atoms with Crippen LogP contribution in [0, 0.1) is 0 Å². The molecule has 0 saturated heterocycles. The standard InChI is InChI=1S/C7H12F2O3/c1-3-7(8,9)5(10)6(11)12-4-2/h3,5-6,10-11H,1,4H2,2H3. The lowest BCUT2D eigenvalue weighted by Crippen LogP contribution is -2.42. The smallest absolute Gasteiger partial charge is 0.296 e. The Balaban J connectivity index is 4.16. The van der Waals surface area contributed by atoms with E-state index in [-0.39, 0.29) is 12.7 Å². The highest BCUT2D eigenvalue weighted by Gasteiger charge is 2.40. The van der Waals surface area contributed by atoms with Crippen LogP contribution in [0.5, 0.6) is 0 Å². The van der Waals surface area contributed by atoms with Gasteiger partial charge in [-0.25, -0.2) is 0 Å². The van der Waals surface area contributed by atoms with Gasteiger partial charge in [0.1, 0.15) is 0 Å². The molecule has 0 aromatic heterocycles. The third-order valence-corrected chi connectivity index (χ3v) is 1.27. The van der Waals surface area contributed by atoms with Crippen LogP contribution in [0.4, 0.5) is 8.78 Å². The Bertz CT molecular complexity index is 150. The largest absolute Gasteiger partial charge is 0.381 e. The molecular formula is C7H12F2O3. The van der Waals surface area contributed by atoms with E-state index in [1.165, 1.54) is 6.92 Å². The predicted molar refractivity (Wildman–Crippen MR) is 38.8 cm³/mol. The number of alkyl halides is 2. The topological polar surface area (TPSA) is 49.7 Å². The summed E-state index contributed by atoms with van der Waals surface area (Å²) in [4.78, 5) is 0. The van der Waals surface area contributed by atoms with Crippen molar-refractivity contribution in [3.8, 4) is 0 Å². The molecule has 0 spiro atoms. The van der Waals surface area contributed by atoms with Crippen molar-refractivity contribution < 1.29 is 23.7 Å². The summed E-state index contributed by atoms with van der Waals surface area (Å²) in [7, 11) is 0. The molecule has 5 heteroatoms. The van der Waals surface area contributed by atoms with E-state index in [9.17, 15) is 8.78 Å². The van der Waals surface area contributed by atoms with Gasteiger partial charge >= 0.3 is 0 Å². The zero-order valence-electron chi connectivity index (χ0n) is 6.70. The Morgan fingerprint density at radius 3 is 2.42 bits per heavy atom. The number of halogens is 2. The molecule has 2 N–H and O–H groups in total. The van der Waals surface area contributed by atoms with Crippen LogP contribution in [0.25, 0.3) is 0 Å². The van der Waals surface area contributed by atoms with Crippen LogP contribution < -0.4 is 0 Å². The maximum absolute atomic E-state index is 12.5. The number of rotatable bonds is 5. The lowest BCUT2D eigenvalue weighted by Gasteiger charge is -2.23. The molecule has 2 unspecified atom stereocenters. The maximum Gasteiger partial charge on any atom is 0.296 e. The summed E-state index contributed by atoms with van der Waals surface area (Å²) >= 11 is 0. The number of aliphatic hydroxyl groups excluding tert-OH is 2. The molecule has 0 aromatic rings. The molecule has 0 aliphatic heterocycles. The molecule has 0 aliphatic carbocycles. The minimum Gasteiger partial charge on any atom is -0.381 e. The Hall–Kier alpha value is -0.520. The van der Waals surface area contributed by atoms with Gasteiger partial charge in [0.2, 0.25) is 0 Å². The van der Waals surface area contributed by atoms with Gasteiger partial charge in [-0.3, -0.25) is 0 Å². The van der Waals surface area contributed by atoms with E-state index >= 15 is 0 Å². The van der Waals surface area contributed by atoms with Gasteiger partial charge in [0.25, 0.3) is 5.92 Å². The van der Waals surface area contributed by atoms with Gasteiger partial charge < -0.3 is 14.9 Å². The summed E-state index contributed by atoms with van der Waals surface area (Å²) in [6, 6.07) is 0. The quantitative estimate of drug-likeness (QED) is 0.481. The van der Waals surface area contributed by atoms with Crippen LogP contribution >= 0.6 is 0 Å². The van der Waals surface area contributed by atoms with Crippen molar-refractivity contribution in [1.29, 1.82) is 0 Å². The highest BCUT2D eigenvalue weighted by Crippen LogP contribution is 2.22. The molecule has 0 aliphatic rings. The average Bonchev–Trinajstić information content (AvgIpc) is 2.03. The fourth-order valence-electron chi connectivity index (χ4n) is 0.573. The summed E-state index contributed by atoms with van der Waals surface area (Å²) in [5, 5.41) is 17.6. The fourth-order valence-corrected chi connectivity index (χ4v) is 0.573. The zero-order chi connectivity index (χ0) is 9.78. The molecular weight excluding hydrogens is 170 g/mol. The van der Waals surface area contributed by atoms with Crippen LogP contribution in [-0.4, -0.2) is 35.1 Å². The van der Waals surface area contributed by atoms with Gasteiger partial charge in [0.05, 0.1) is 0 Å². The highest BCUT2D eigenvalue weighted by atomic mass is 19.3. The van der Waals surface area contributed by atoms with Crippen molar-refractivity contribution in [1.82, 2.24) is 0 Å². The Labute approximate surface area is 69.3 Å². The van der Waals surface area contributed by atoms with Crippen LogP contribution in [0.1, 0.15) is 6.92 Å². The van der Waals surface area contributed by atoms with Gasteiger partial charge in [-0.15, -0.1) is 0 Å². The van der Waals surface area contributed by atoms with Gasteiger partial charge in [0, 0.05) is 6.61 Å². The normalized spacial score (nSPS) is 17.1. The molecule has 0 heterocycles. The van der Waals surface area contributed by atoms with E-state index in [1.807, 2.05) is 0 Å². The van der Waals surface area contributed by atoms with Gasteiger partial charge in [-0.05, 0) is 13.0 Å². The third-order valence-electron chi connectivity index (χ3n) is 1.27. The fraction of sp³-hybridized carbons (Fsp3) is 0.714. The summed E-state index contributed by atoms with van der Waals surface area (Å²) < 4.78 is 29.4. The van der Waals surface area contributed by atoms with Crippen molar-refractivity contribution in [3.63, 3.8) is 0 Å². The molecule has 0 aromatic carbocycles. The van der Waals surface area contributed by atoms with Gasteiger partial charge in [-0.2, -0.15) is 8.78 Å². The number of ether oxygens (including phenoxy) is 1. The first-order valence-electron chi connectivity index (χ1n) is 3.44. The Morgan fingerprint density at radius 1 is 1.58 bits per heavy atom. The summed E-state index contributed by atoms with van der Waals surface area (Å²) in [6.45, 7) is 4.38. The van der Waals surface area contributed by atoms with Crippen molar-refractivity contribution in [2.45, 2.75) is 25.2 Å². The lowest BCUT2D eigenvalue weighted by atomic mass is 10.2. The summed E-state index contributed by atoms with van der Waals surface area (Å²) in [5.74, 6) is -3.53. The van der Waals surface area contributed by atoms with Crippen molar-refractivity contribution >= 4 is 0 Å². The molecule has 3 nitrogen and oxygen atoms in total. The number of hydrogen-bond acceptors (Lipinski definition) is 3. The molecule has 0 amide bonds. The summed E-state index contributed by atoms with van der Waals surface area (Å²) in [5.41, 5.74) is 0. The second-order valence-electron chi connectivity index (χ2n) is 2.17. The highest BCUT2D eigenvalue weighted by molar-refractivity contribution is 4.94. The monoisotopic (exact) mass is 182 g/mol. The molecule has 2 atom stereocenters. The van der Waals surface area contributed by atoms with Gasteiger partial charge in [-0.1, -0.05) is 6.58 Å². The number of hydrogen-bond donors (Lipinski definition) is 2. The van der Waals surface area contributed by atoms with Crippen LogP contribution in [-0.2, 0) is 4.74 Å². The molecule has 0 rings (SSSR count). The van der Waals surface area contributed by atoms with E-state index < -0.39 is 18.3 Å². The molecule has 0 fully saturated rings. The maximum atomic E-state index is 12.5. The van der Waals surface area contributed by atoms with Gasteiger partial charge in [0.15, 0.2) is 12.4 Å². The summed E-state index contributed by atoms with van der Waals surface area (Å²) in [6.07, 6.45) is -3.89. The SMILES string of the molecule is C=CC(F)(F)C(O)C(O)OCC. The van der Waals surface area contributed by atoms with Crippen molar-refractivity contribution in [2.75, 3.05) is 6.61 Å². The van der Waals surface area contributed by atoms with Crippen LogP contribution in [0.15, 0.2) is 12.7 Å². The molecule has 72 valence electrons. The first-order valence-corrected chi connectivity index (χ1v) is 3.44. The van der Waals surface area contributed by atoms with Crippen LogP contribution in [0.2, 0.25) is 0 Å². The molecule has 0 bridgehead atoms. The molecule has 0 radical (unpaired) electrons. The Morgan fingerprint density at radius 2 is 2.08 bits per heavy atom. The molecule has 0 saturated carbocycles. The predicted octanol–water partition coefficient (Wildman–Crippen LogP) is 0.523. The second-order valence-corrected chi connectivity index (χ2v) is 2.17. The third kappa shape index (κ3) is 2.84. The van der Waals surface area contributed by atoms with E-state index in [0.717, 1.165) is 0 Å². The van der Waals surface area contributed by atoms with E-state index in [2.05, 4.69) is 11.3 Å². The Kier molecular flexibility index (Phi) is 4.30. The van der Waals surface area contributed by atoms with Crippen LogP contribution in [0.3, 0.4) is 0 Å². The van der Waals surface area contributed by atoms with Crippen molar-refractivity contribution in [3.05, 3.63) is 12.7 Å². The van der Waals surface area contributed by atoms with E-state index in [0.29, 0.717) is 0 Å². The lowest BCUT2D eigenvalue weighted by molar-refractivity contribution is -0.214. The van der Waals surface area contributed by atoms with E-state index in [4.69, 9.17) is 10.2 Å².